The maximum absolute atomic E-state index is 13.3. The van der Waals surface area contributed by atoms with Crippen molar-refractivity contribution in [2.45, 2.75) is 6.92 Å². The summed E-state index contributed by atoms with van der Waals surface area (Å²) in [7, 11) is 0. The van der Waals surface area contributed by atoms with Crippen molar-refractivity contribution in [3.8, 4) is 11.5 Å². The summed E-state index contributed by atoms with van der Waals surface area (Å²) in [6.45, 7) is 1.67. The van der Waals surface area contributed by atoms with Crippen LogP contribution in [0, 0.1) is 12.7 Å². The van der Waals surface area contributed by atoms with Crippen molar-refractivity contribution in [3.63, 3.8) is 0 Å². The van der Waals surface area contributed by atoms with E-state index in [1.165, 1.54) is 12.5 Å². The van der Waals surface area contributed by atoms with Crippen molar-refractivity contribution in [3.05, 3.63) is 34.4 Å². The SMILES string of the molecule is Cc1c(F)cc(Br)cc1-c1nnco1. The first kappa shape index (κ1) is 9.33. The van der Waals surface area contributed by atoms with Gasteiger partial charge in [-0.2, -0.15) is 0 Å². The molecule has 0 fully saturated rings. The summed E-state index contributed by atoms with van der Waals surface area (Å²) in [5, 5.41) is 7.27. The van der Waals surface area contributed by atoms with Gasteiger partial charge in [-0.3, -0.25) is 0 Å². The topological polar surface area (TPSA) is 38.9 Å². The predicted molar refractivity (Wildman–Crippen MR) is 52.1 cm³/mol. The fourth-order valence-corrected chi connectivity index (χ4v) is 1.59. The Morgan fingerprint density at radius 1 is 1.43 bits per heavy atom. The van der Waals surface area contributed by atoms with Gasteiger partial charge in [-0.15, -0.1) is 10.2 Å². The molecule has 0 unspecified atom stereocenters. The molecule has 0 bridgehead atoms. The third-order valence-electron chi connectivity index (χ3n) is 1.90. The normalized spacial score (nSPS) is 10.5. The number of aromatic nitrogens is 2. The van der Waals surface area contributed by atoms with E-state index in [0.29, 0.717) is 21.5 Å². The summed E-state index contributed by atoms with van der Waals surface area (Å²) in [5.74, 6) is 0.0234. The van der Waals surface area contributed by atoms with Crippen LogP contribution < -0.4 is 0 Å². The average Bonchev–Trinajstić information content (AvgIpc) is 2.63. The molecule has 3 nitrogen and oxygen atoms in total. The van der Waals surface area contributed by atoms with Crippen molar-refractivity contribution in [1.82, 2.24) is 10.2 Å². The maximum atomic E-state index is 13.3. The summed E-state index contributed by atoms with van der Waals surface area (Å²) in [5.41, 5.74) is 1.10. The molecule has 0 atom stereocenters. The van der Waals surface area contributed by atoms with Crippen molar-refractivity contribution < 1.29 is 8.81 Å². The zero-order chi connectivity index (χ0) is 10.1. The van der Waals surface area contributed by atoms with E-state index < -0.39 is 0 Å². The van der Waals surface area contributed by atoms with Crippen molar-refractivity contribution >= 4 is 15.9 Å². The van der Waals surface area contributed by atoms with Gasteiger partial charge in [0.1, 0.15) is 5.82 Å². The number of hydrogen-bond acceptors (Lipinski definition) is 3. The minimum absolute atomic E-state index is 0.299. The fraction of sp³-hybridized carbons (Fsp3) is 0.111. The Kier molecular flexibility index (Phi) is 2.33. The highest BCUT2D eigenvalue weighted by Gasteiger charge is 2.11. The molecule has 0 radical (unpaired) electrons. The van der Waals surface area contributed by atoms with Crippen LogP contribution in [0.4, 0.5) is 4.39 Å². The van der Waals surface area contributed by atoms with Crippen molar-refractivity contribution in [1.29, 1.82) is 0 Å². The number of hydrogen-bond donors (Lipinski definition) is 0. The minimum atomic E-state index is -0.299. The van der Waals surface area contributed by atoms with Gasteiger partial charge in [0.05, 0.1) is 0 Å². The van der Waals surface area contributed by atoms with E-state index in [9.17, 15) is 4.39 Å². The van der Waals surface area contributed by atoms with Gasteiger partial charge in [-0.25, -0.2) is 4.39 Å². The molecule has 0 saturated heterocycles. The molecular formula is C9H6BrFN2O. The number of nitrogens with zero attached hydrogens (tertiary/aromatic N) is 2. The molecule has 0 aliphatic carbocycles. The second-order valence-corrected chi connectivity index (χ2v) is 3.72. The highest BCUT2D eigenvalue weighted by molar-refractivity contribution is 9.10. The van der Waals surface area contributed by atoms with Crippen LogP contribution in [0.1, 0.15) is 5.56 Å². The van der Waals surface area contributed by atoms with Crippen LogP contribution >= 0.6 is 15.9 Å². The highest BCUT2D eigenvalue weighted by Crippen LogP contribution is 2.27. The first-order chi connectivity index (χ1) is 6.68. The Labute approximate surface area is 88.1 Å². The number of rotatable bonds is 1. The molecule has 0 aliphatic heterocycles. The molecule has 0 N–H and O–H groups in total. The molecule has 0 amide bonds. The standard InChI is InChI=1S/C9H6BrFN2O/c1-5-7(9-13-12-4-14-9)2-6(10)3-8(5)11/h2-4H,1H3. The molecule has 2 rings (SSSR count). The number of halogens is 2. The van der Waals surface area contributed by atoms with Gasteiger partial charge in [0.25, 0.3) is 0 Å². The summed E-state index contributed by atoms with van der Waals surface area (Å²) < 4.78 is 19.0. The van der Waals surface area contributed by atoms with Crippen molar-refractivity contribution in [2.24, 2.45) is 0 Å². The highest BCUT2D eigenvalue weighted by atomic mass is 79.9. The Morgan fingerprint density at radius 3 is 2.86 bits per heavy atom. The number of benzene rings is 1. The Hall–Kier alpha value is -1.23. The fourth-order valence-electron chi connectivity index (χ4n) is 1.16. The van der Waals surface area contributed by atoms with Crippen LogP contribution in [0.25, 0.3) is 11.5 Å². The van der Waals surface area contributed by atoms with E-state index in [2.05, 4.69) is 26.1 Å². The molecule has 14 heavy (non-hydrogen) atoms. The van der Waals surface area contributed by atoms with Gasteiger partial charge < -0.3 is 4.42 Å². The second kappa shape index (κ2) is 3.49. The zero-order valence-corrected chi connectivity index (χ0v) is 8.88. The zero-order valence-electron chi connectivity index (χ0n) is 7.29. The Bertz CT molecular complexity index is 456. The van der Waals surface area contributed by atoms with Crippen LogP contribution in [0.15, 0.2) is 27.4 Å². The summed E-state index contributed by atoms with van der Waals surface area (Å²) in [6.07, 6.45) is 1.22. The molecule has 72 valence electrons. The Balaban J connectivity index is 2.64. The molecule has 0 spiro atoms. The molecular weight excluding hydrogens is 251 g/mol. The van der Waals surface area contributed by atoms with Gasteiger partial charge in [0.15, 0.2) is 0 Å². The average molecular weight is 257 g/mol. The quantitative estimate of drug-likeness (QED) is 0.788. The van der Waals surface area contributed by atoms with Crippen LogP contribution in [0.3, 0.4) is 0 Å². The molecule has 1 aromatic heterocycles. The van der Waals surface area contributed by atoms with E-state index in [4.69, 9.17) is 4.42 Å². The monoisotopic (exact) mass is 256 g/mol. The minimum Gasteiger partial charge on any atom is -0.423 e. The predicted octanol–water partition coefficient (Wildman–Crippen LogP) is 2.95. The third-order valence-corrected chi connectivity index (χ3v) is 2.36. The van der Waals surface area contributed by atoms with E-state index in [-0.39, 0.29) is 5.82 Å². The van der Waals surface area contributed by atoms with Gasteiger partial charge in [0, 0.05) is 10.0 Å². The molecule has 2 aromatic rings. The van der Waals surface area contributed by atoms with Gasteiger partial charge >= 0.3 is 0 Å². The second-order valence-electron chi connectivity index (χ2n) is 2.80. The van der Waals surface area contributed by atoms with E-state index in [1.54, 1.807) is 13.0 Å². The largest absolute Gasteiger partial charge is 0.423 e. The van der Waals surface area contributed by atoms with Gasteiger partial charge in [-0.05, 0) is 24.6 Å². The molecule has 1 aromatic carbocycles. The molecule has 1 heterocycles. The smallest absolute Gasteiger partial charge is 0.247 e. The lowest BCUT2D eigenvalue weighted by Crippen LogP contribution is -1.89. The first-order valence-corrected chi connectivity index (χ1v) is 4.70. The van der Waals surface area contributed by atoms with Crippen LogP contribution in [0.5, 0.6) is 0 Å². The Morgan fingerprint density at radius 2 is 2.21 bits per heavy atom. The van der Waals surface area contributed by atoms with Crippen molar-refractivity contribution in [2.75, 3.05) is 0 Å². The lowest BCUT2D eigenvalue weighted by atomic mass is 10.1. The van der Waals surface area contributed by atoms with Crippen LogP contribution in [-0.4, -0.2) is 10.2 Å². The summed E-state index contributed by atoms with van der Waals surface area (Å²) in [6, 6.07) is 3.14. The summed E-state index contributed by atoms with van der Waals surface area (Å²) >= 11 is 3.20. The van der Waals surface area contributed by atoms with Crippen LogP contribution in [-0.2, 0) is 0 Å². The molecule has 0 aliphatic rings. The molecule has 0 saturated carbocycles. The van der Waals surface area contributed by atoms with Crippen LogP contribution in [0.2, 0.25) is 0 Å². The third kappa shape index (κ3) is 1.55. The van der Waals surface area contributed by atoms with Gasteiger partial charge in [-0.1, -0.05) is 15.9 Å². The van der Waals surface area contributed by atoms with E-state index in [0.717, 1.165) is 0 Å². The van der Waals surface area contributed by atoms with E-state index >= 15 is 0 Å². The lowest BCUT2D eigenvalue weighted by Gasteiger charge is -2.02. The lowest BCUT2D eigenvalue weighted by molar-refractivity contribution is 0.565. The molecule has 5 heteroatoms. The first-order valence-electron chi connectivity index (χ1n) is 3.90. The van der Waals surface area contributed by atoms with E-state index in [1.807, 2.05) is 0 Å². The summed E-state index contributed by atoms with van der Waals surface area (Å²) in [4.78, 5) is 0. The maximum Gasteiger partial charge on any atom is 0.247 e. The van der Waals surface area contributed by atoms with Gasteiger partial charge in [0.2, 0.25) is 12.3 Å².